The molecule has 1 fully saturated rings. The van der Waals surface area contributed by atoms with Gasteiger partial charge in [0, 0.05) is 49.9 Å². The topological polar surface area (TPSA) is 87.5 Å². The van der Waals surface area contributed by atoms with E-state index in [0.29, 0.717) is 17.7 Å². The highest BCUT2D eigenvalue weighted by Gasteiger charge is 2.15. The molecule has 120 valence electrons. The third kappa shape index (κ3) is 4.51. The molecule has 0 aromatic heterocycles. The van der Waals surface area contributed by atoms with Crippen LogP contribution in [0, 0.1) is 17.0 Å². The predicted octanol–water partition coefficient (Wildman–Crippen LogP) is 0.928. The van der Waals surface area contributed by atoms with Gasteiger partial charge in [-0.25, -0.2) is 0 Å². The summed E-state index contributed by atoms with van der Waals surface area (Å²) in [5.74, 6) is -0.261. The monoisotopic (exact) mass is 306 g/mol. The summed E-state index contributed by atoms with van der Waals surface area (Å²) in [7, 11) is 0. The molecule has 0 atom stereocenters. The predicted molar refractivity (Wildman–Crippen MR) is 84.1 cm³/mol. The van der Waals surface area contributed by atoms with Crippen LogP contribution in [0.2, 0.25) is 0 Å². The van der Waals surface area contributed by atoms with Crippen LogP contribution in [-0.4, -0.2) is 55.0 Å². The van der Waals surface area contributed by atoms with Crippen LogP contribution in [-0.2, 0) is 0 Å². The van der Waals surface area contributed by atoms with E-state index in [0.717, 1.165) is 39.1 Å². The summed E-state index contributed by atoms with van der Waals surface area (Å²) in [5, 5.41) is 17.0. The van der Waals surface area contributed by atoms with Gasteiger partial charge in [0.25, 0.3) is 11.6 Å². The van der Waals surface area contributed by atoms with Crippen LogP contribution in [0.3, 0.4) is 0 Å². The Bertz CT molecular complexity index is 542. The summed E-state index contributed by atoms with van der Waals surface area (Å²) >= 11 is 0. The van der Waals surface area contributed by atoms with Gasteiger partial charge in [0.1, 0.15) is 0 Å². The maximum atomic E-state index is 12.0. The van der Waals surface area contributed by atoms with Gasteiger partial charge >= 0.3 is 0 Å². The number of hydrogen-bond donors (Lipinski definition) is 2. The Hall–Kier alpha value is -1.99. The summed E-state index contributed by atoms with van der Waals surface area (Å²) in [6.07, 6.45) is 0.875. The van der Waals surface area contributed by atoms with Crippen molar-refractivity contribution < 1.29 is 9.72 Å². The van der Waals surface area contributed by atoms with Crippen LogP contribution >= 0.6 is 0 Å². The fraction of sp³-hybridized carbons (Fsp3) is 0.533. The molecular formula is C15H22N4O3. The lowest BCUT2D eigenvalue weighted by Crippen LogP contribution is -2.44. The van der Waals surface area contributed by atoms with Gasteiger partial charge in [0.05, 0.1) is 4.92 Å². The minimum absolute atomic E-state index is 0.0199. The van der Waals surface area contributed by atoms with Crippen molar-refractivity contribution in [1.82, 2.24) is 15.5 Å². The summed E-state index contributed by atoms with van der Waals surface area (Å²) in [6, 6.07) is 4.56. The second-order valence-electron chi connectivity index (χ2n) is 5.46. The lowest BCUT2D eigenvalue weighted by molar-refractivity contribution is -0.385. The molecule has 0 spiro atoms. The second-order valence-corrected chi connectivity index (χ2v) is 5.46. The number of amides is 1. The third-order valence-corrected chi connectivity index (χ3v) is 3.81. The third-order valence-electron chi connectivity index (χ3n) is 3.81. The van der Waals surface area contributed by atoms with Gasteiger partial charge in [-0.2, -0.15) is 0 Å². The number of piperazine rings is 1. The number of nitrogens with one attached hydrogen (secondary N) is 2. The molecular weight excluding hydrogens is 284 g/mol. The van der Waals surface area contributed by atoms with Crippen molar-refractivity contribution in [2.24, 2.45) is 0 Å². The first-order valence-electron chi connectivity index (χ1n) is 7.54. The van der Waals surface area contributed by atoms with Gasteiger partial charge in [-0.15, -0.1) is 0 Å². The SMILES string of the molecule is Cc1ccc(C(=O)NCCCN2CCNCC2)cc1[N+](=O)[O-]. The van der Waals surface area contributed by atoms with Crippen molar-refractivity contribution in [3.63, 3.8) is 0 Å². The maximum Gasteiger partial charge on any atom is 0.273 e. The number of rotatable bonds is 6. The quantitative estimate of drug-likeness (QED) is 0.464. The molecule has 1 aromatic rings. The summed E-state index contributed by atoms with van der Waals surface area (Å²) < 4.78 is 0. The summed E-state index contributed by atoms with van der Waals surface area (Å²) in [4.78, 5) is 24.8. The molecule has 1 aromatic carbocycles. The van der Waals surface area contributed by atoms with Crippen LogP contribution in [0.1, 0.15) is 22.3 Å². The van der Waals surface area contributed by atoms with Gasteiger partial charge in [0.2, 0.25) is 0 Å². The number of carbonyl (C=O) groups is 1. The van der Waals surface area contributed by atoms with E-state index in [9.17, 15) is 14.9 Å². The Kier molecular flexibility index (Phi) is 5.85. The fourth-order valence-corrected chi connectivity index (χ4v) is 2.49. The van der Waals surface area contributed by atoms with Gasteiger partial charge in [-0.05, 0) is 26.0 Å². The normalized spacial score (nSPS) is 15.5. The van der Waals surface area contributed by atoms with Gasteiger partial charge in [0.15, 0.2) is 0 Å². The zero-order valence-electron chi connectivity index (χ0n) is 12.8. The van der Waals surface area contributed by atoms with E-state index in [4.69, 9.17) is 0 Å². The molecule has 2 N–H and O–H groups in total. The van der Waals surface area contributed by atoms with Crippen molar-refractivity contribution in [3.05, 3.63) is 39.4 Å². The highest BCUT2D eigenvalue weighted by atomic mass is 16.6. The zero-order chi connectivity index (χ0) is 15.9. The molecule has 1 heterocycles. The average Bonchev–Trinajstić information content (AvgIpc) is 2.52. The minimum Gasteiger partial charge on any atom is -0.352 e. The largest absolute Gasteiger partial charge is 0.352 e. The van der Waals surface area contributed by atoms with Crippen LogP contribution in [0.15, 0.2) is 18.2 Å². The average molecular weight is 306 g/mol. The number of nitro groups is 1. The van der Waals surface area contributed by atoms with Crippen LogP contribution in [0.4, 0.5) is 5.69 Å². The zero-order valence-corrected chi connectivity index (χ0v) is 12.8. The molecule has 1 aliphatic heterocycles. The summed E-state index contributed by atoms with van der Waals surface area (Å²) in [6.45, 7) is 7.29. The first-order valence-corrected chi connectivity index (χ1v) is 7.54. The number of nitro benzene ring substituents is 1. The molecule has 1 amide bonds. The standard InChI is InChI=1S/C15H22N4O3/c1-12-3-4-13(11-14(12)19(21)22)15(20)17-5-2-8-18-9-6-16-7-10-18/h3-4,11,16H,2,5-10H2,1H3,(H,17,20). The molecule has 7 nitrogen and oxygen atoms in total. The number of benzene rings is 1. The van der Waals surface area contributed by atoms with E-state index in [1.54, 1.807) is 19.1 Å². The van der Waals surface area contributed by atoms with E-state index in [1.165, 1.54) is 6.07 Å². The van der Waals surface area contributed by atoms with Crippen molar-refractivity contribution in [1.29, 1.82) is 0 Å². The molecule has 1 saturated heterocycles. The lowest BCUT2D eigenvalue weighted by Gasteiger charge is -2.27. The molecule has 0 bridgehead atoms. The van der Waals surface area contributed by atoms with Gasteiger partial charge in [-0.3, -0.25) is 14.9 Å². The molecule has 7 heteroatoms. The molecule has 0 saturated carbocycles. The van der Waals surface area contributed by atoms with Gasteiger partial charge < -0.3 is 15.5 Å². The summed E-state index contributed by atoms with van der Waals surface area (Å²) in [5.41, 5.74) is 0.869. The number of hydrogen-bond acceptors (Lipinski definition) is 5. The Morgan fingerprint density at radius 1 is 1.41 bits per heavy atom. The van der Waals surface area contributed by atoms with Crippen LogP contribution in [0.25, 0.3) is 0 Å². The Labute approximate surface area is 129 Å². The van der Waals surface area contributed by atoms with E-state index in [-0.39, 0.29) is 11.6 Å². The molecule has 2 rings (SSSR count). The van der Waals surface area contributed by atoms with E-state index < -0.39 is 4.92 Å². The molecule has 0 unspecified atom stereocenters. The molecule has 1 aliphatic rings. The lowest BCUT2D eigenvalue weighted by atomic mass is 10.1. The number of nitrogens with zero attached hydrogens (tertiary/aromatic N) is 2. The van der Waals surface area contributed by atoms with Crippen molar-refractivity contribution in [3.8, 4) is 0 Å². The van der Waals surface area contributed by atoms with Crippen molar-refractivity contribution in [2.75, 3.05) is 39.3 Å². The molecule has 0 aliphatic carbocycles. The van der Waals surface area contributed by atoms with Gasteiger partial charge in [-0.1, -0.05) is 6.07 Å². The molecule has 22 heavy (non-hydrogen) atoms. The number of aryl methyl sites for hydroxylation is 1. The number of carbonyl (C=O) groups excluding carboxylic acids is 1. The highest BCUT2D eigenvalue weighted by Crippen LogP contribution is 2.19. The van der Waals surface area contributed by atoms with Crippen LogP contribution < -0.4 is 10.6 Å². The smallest absolute Gasteiger partial charge is 0.273 e. The van der Waals surface area contributed by atoms with E-state index in [2.05, 4.69) is 15.5 Å². The van der Waals surface area contributed by atoms with E-state index >= 15 is 0 Å². The Morgan fingerprint density at radius 2 is 2.14 bits per heavy atom. The van der Waals surface area contributed by atoms with E-state index in [1.807, 2.05) is 0 Å². The fourth-order valence-electron chi connectivity index (χ4n) is 2.49. The first-order chi connectivity index (χ1) is 10.6. The highest BCUT2D eigenvalue weighted by molar-refractivity contribution is 5.94. The van der Waals surface area contributed by atoms with Crippen molar-refractivity contribution >= 4 is 11.6 Å². The minimum atomic E-state index is -0.462. The van der Waals surface area contributed by atoms with Crippen molar-refractivity contribution in [2.45, 2.75) is 13.3 Å². The Balaban J connectivity index is 1.79. The first kappa shape index (κ1) is 16.4. The maximum absolute atomic E-state index is 12.0. The van der Waals surface area contributed by atoms with Crippen LogP contribution in [0.5, 0.6) is 0 Å². The Morgan fingerprint density at radius 3 is 2.82 bits per heavy atom. The molecule has 0 radical (unpaired) electrons. The second kappa shape index (κ2) is 7.86.